The van der Waals surface area contributed by atoms with Gasteiger partial charge >= 0.3 is 5.97 Å². The quantitative estimate of drug-likeness (QED) is 0.810. The van der Waals surface area contributed by atoms with Crippen molar-refractivity contribution in [3.63, 3.8) is 0 Å². The molecule has 0 radical (unpaired) electrons. The smallest absolute Gasteiger partial charge is 0.339 e. The summed E-state index contributed by atoms with van der Waals surface area (Å²) in [6.07, 6.45) is 1.72. The Morgan fingerprint density at radius 1 is 1.44 bits per heavy atom. The van der Waals surface area contributed by atoms with Gasteiger partial charge in [0.05, 0.1) is 5.69 Å². The molecule has 1 heterocycles. The monoisotopic (exact) mass is 249 g/mol. The van der Waals surface area contributed by atoms with Crippen LogP contribution in [0.25, 0.3) is 0 Å². The predicted molar refractivity (Wildman–Crippen MR) is 71.1 cm³/mol. The van der Waals surface area contributed by atoms with E-state index >= 15 is 0 Å². The molecular weight excluding hydrogens is 230 g/mol. The highest BCUT2D eigenvalue weighted by atomic mass is 16.4. The van der Waals surface area contributed by atoms with Crippen molar-refractivity contribution >= 4 is 11.8 Å². The summed E-state index contributed by atoms with van der Waals surface area (Å²) < 4.78 is 0. The predicted octanol–water partition coefficient (Wildman–Crippen LogP) is 2.19. The first-order chi connectivity index (χ1) is 8.40. The number of anilines is 1. The third kappa shape index (κ3) is 2.67. The Morgan fingerprint density at radius 2 is 2.06 bits per heavy atom. The lowest BCUT2D eigenvalue weighted by atomic mass is 10.1. The molecule has 0 aliphatic heterocycles. The van der Waals surface area contributed by atoms with Crippen LogP contribution in [-0.2, 0) is 0 Å². The van der Waals surface area contributed by atoms with Gasteiger partial charge in [-0.05, 0) is 33.3 Å². The van der Waals surface area contributed by atoms with E-state index in [4.69, 9.17) is 0 Å². The lowest BCUT2D eigenvalue weighted by Crippen LogP contribution is -2.33. The zero-order valence-corrected chi connectivity index (χ0v) is 11.3. The van der Waals surface area contributed by atoms with Gasteiger partial charge in [0.25, 0.3) is 0 Å². The summed E-state index contributed by atoms with van der Waals surface area (Å²) in [5.74, 6) is -0.573. The SMILES string of the molecule is C=CCN(c1nnc(C)c(C)c1C(=O)O)C(C)C. The van der Waals surface area contributed by atoms with Crippen molar-refractivity contribution in [2.45, 2.75) is 33.7 Å². The van der Waals surface area contributed by atoms with Crippen molar-refractivity contribution in [2.75, 3.05) is 11.4 Å². The standard InChI is InChI=1S/C13H19N3O2/c1-6-7-16(8(2)3)12-11(13(17)18)9(4)10(5)14-15-12/h6,8H,1,7H2,2-5H3,(H,17,18). The maximum Gasteiger partial charge on any atom is 0.339 e. The van der Waals surface area contributed by atoms with E-state index < -0.39 is 5.97 Å². The first kappa shape index (κ1) is 14.2. The van der Waals surface area contributed by atoms with Gasteiger partial charge in [0.15, 0.2) is 5.82 Å². The third-order valence-corrected chi connectivity index (χ3v) is 2.87. The van der Waals surface area contributed by atoms with Crippen LogP contribution >= 0.6 is 0 Å². The molecule has 98 valence electrons. The highest BCUT2D eigenvalue weighted by Crippen LogP contribution is 2.23. The Balaban J connectivity index is 3.42. The molecule has 0 bridgehead atoms. The van der Waals surface area contributed by atoms with Crippen LogP contribution in [0.2, 0.25) is 0 Å². The molecule has 0 saturated carbocycles. The van der Waals surface area contributed by atoms with Gasteiger partial charge in [0.1, 0.15) is 5.56 Å². The molecule has 0 atom stereocenters. The first-order valence-corrected chi connectivity index (χ1v) is 5.84. The van der Waals surface area contributed by atoms with Gasteiger partial charge in [0, 0.05) is 12.6 Å². The number of hydrogen-bond acceptors (Lipinski definition) is 4. The van der Waals surface area contributed by atoms with Crippen molar-refractivity contribution < 1.29 is 9.90 Å². The molecule has 0 aliphatic carbocycles. The zero-order valence-electron chi connectivity index (χ0n) is 11.3. The summed E-state index contributed by atoms with van der Waals surface area (Å²) in [7, 11) is 0. The number of rotatable bonds is 5. The van der Waals surface area contributed by atoms with Crippen molar-refractivity contribution in [1.82, 2.24) is 10.2 Å². The number of carboxylic acid groups (broad SMARTS) is 1. The van der Waals surface area contributed by atoms with Crippen LogP contribution in [0.3, 0.4) is 0 Å². The Labute approximate surface area is 107 Å². The molecule has 0 unspecified atom stereocenters. The van der Waals surface area contributed by atoms with Crippen LogP contribution in [0.5, 0.6) is 0 Å². The molecule has 0 amide bonds. The largest absolute Gasteiger partial charge is 0.478 e. The van der Waals surface area contributed by atoms with Gasteiger partial charge in [-0.25, -0.2) is 4.79 Å². The summed E-state index contributed by atoms with van der Waals surface area (Å²) in [5.41, 5.74) is 1.51. The van der Waals surface area contributed by atoms with Crippen molar-refractivity contribution in [3.05, 3.63) is 29.5 Å². The van der Waals surface area contributed by atoms with E-state index in [9.17, 15) is 9.90 Å². The summed E-state index contributed by atoms with van der Waals surface area (Å²) in [6, 6.07) is 0.123. The molecule has 0 spiro atoms. The second-order valence-electron chi connectivity index (χ2n) is 4.45. The number of aryl methyl sites for hydroxylation is 1. The van der Waals surface area contributed by atoms with Crippen LogP contribution in [-0.4, -0.2) is 33.9 Å². The van der Waals surface area contributed by atoms with Gasteiger partial charge in [-0.3, -0.25) is 0 Å². The normalized spacial score (nSPS) is 10.5. The Hall–Kier alpha value is -1.91. The molecule has 0 saturated heterocycles. The highest BCUT2D eigenvalue weighted by Gasteiger charge is 2.23. The molecule has 0 aromatic carbocycles. The second kappa shape index (κ2) is 5.62. The molecule has 1 aromatic heterocycles. The van der Waals surface area contributed by atoms with Crippen molar-refractivity contribution in [2.24, 2.45) is 0 Å². The molecular formula is C13H19N3O2. The molecule has 1 aromatic rings. The molecule has 0 aliphatic rings. The molecule has 18 heavy (non-hydrogen) atoms. The average molecular weight is 249 g/mol. The van der Waals surface area contributed by atoms with Crippen LogP contribution in [0, 0.1) is 13.8 Å². The van der Waals surface area contributed by atoms with Crippen LogP contribution in [0.4, 0.5) is 5.82 Å². The van der Waals surface area contributed by atoms with E-state index in [1.807, 2.05) is 18.7 Å². The summed E-state index contributed by atoms with van der Waals surface area (Å²) in [5, 5.41) is 17.4. The molecule has 5 nitrogen and oxygen atoms in total. The number of carbonyl (C=O) groups is 1. The van der Waals surface area contributed by atoms with E-state index in [0.717, 1.165) is 0 Å². The van der Waals surface area contributed by atoms with Gasteiger partial charge in [-0.1, -0.05) is 6.08 Å². The van der Waals surface area contributed by atoms with E-state index in [-0.39, 0.29) is 11.6 Å². The maximum atomic E-state index is 11.4. The van der Waals surface area contributed by atoms with Gasteiger partial charge in [-0.15, -0.1) is 11.7 Å². The minimum absolute atomic E-state index is 0.123. The third-order valence-electron chi connectivity index (χ3n) is 2.87. The van der Waals surface area contributed by atoms with Crippen molar-refractivity contribution in [3.8, 4) is 0 Å². The molecule has 0 fully saturated rings. The van der Waals surface area contributed by atoms with Gasteiger partial charge < -0.3 is 10.0 Å². The van der Waals surface area contributed by atoms with Gasteiger partial charge in [0.2, 0.25) is 0 Å². The Morgan fingerprint density at radius 3 is 2.50 bits per heavy atom. The number of carboxylic acids is 1. The van der Waals surface area contributed by atoms with E-state index in [1.54, 1.807) is 19.9 Å². The first-order valence-electron chi connectivity index (χ1n) is 5.84. The van der Waals surface area contributed by atoms with E-state index in [1.165, 1.54) is 0 Å². The average Bonchev–Trinajstić information content (AvgIpc) is 2.28. The lowest BCUT2D eigenvalue weighted by molar-refractivity contribution is 0.0696. The zero-order chi connectivity index (χ0) is 13.9. The fraction of sp³-hybridized carbons (Fsp3) is 0.462. The van der Waals surface area contributed by atoms with Gasteiger partial charge in [-0.2, -0.15) is 5.10 Å². The second-order valence-corrected chi connectivity index (χ2v) is 4.45. The minimum atomic E-state index is -0.977. The lowest BCUT2D eigenvalue weighted by Gasteiger charge is -2.27. The Bertz CT molecular complexity index is 470. The fourth-order valence-electron chi connectivity index (χ4n) is 1.73. The number of aromatic nitrogens is 2. The molecule has 5 heteroatoms. The summed E-state index contributed by atoms with van der Waals surface area (Å²) in [4.78, 5) is 13.3. The van der Waals surface area contributed by atoms with E-state index in [0.29, 0.717) is 23.6 Å². The summed E-state index contributed by atoms with van der Waals surface area (Å²) in [6.45, 7) is 11.7. The van der Waals surface area contributed by atoms with E-state index in [2.05, 4.69) is 16.8 Å². The highest BCUT2D eigenvalue weighted by molar-refractivity contribution is 5.95. The maximum absolute atomic E-state index is 11.4. The number of aromatic carboxylic acids is 1. The minimum Gasteiger partial charge on any atom is -0.478 e. The van der Waals surface area contributed by atoms with Crippen LogP contribution in [0.15, 0.2) is 12.7 Å². The number of nitrogens with zero attached hydrogens (tertiary/aromatic N) is 3. The Kier molecular flexibility index (Phi) is 4.42. The topological polar surface area (TPSA) is 66.3 Å². The summed E-state index contributed by atoms with van der Waals surface area (Å²) >= 11 is 0. The molecule has 1 rings (SSSR count). The van der Waals surface area contributed by atoms with Crippen LogP contribution < -0.4 is 4.90 Å². The fourth-order valence-corrected chi connectivity index (χ4v) is 1.73. The van der Waals surface area contributed by atoms with Crippen LogP contribution in [0.1, 0.15) is 35.5 Å². The van der Waals surface area contributed by atoms with Crippen molar-refractivity contribution in [1.29, 1.82) is 0 Å². The number of hydrogen-bond donors (Lipinski definition) is 1. The molecule has 1 N–H and O–H groups in total.